The quantitative estimate of drug-likeness (QED) is 0.799. The van der Waals surface area contributed by atoms with E-state index in [0.29, 0.717) is 13.1 Å². The highest BCUT2D eigenvalue weighted by Gasteiger charge is 2.39. The van der Waals surface area contributed by atoms with Gasteiger partial charge in [-0.3, -0.25) is 9.59 Å². The average molecular weight is 383 g/mol. The summed E-state index contributed by atoms with van der Waals surface area (Å²) in [6, 6.07) is 3.40. The van der Waals surface area contributed by atoms with E-state index in [1.807, 2.05) is 11.9 Å². The maximum atomic E-state index is 14.2. The van der Waals surface area contributed by atoms with E-state index in [1.165, 1.54) is 23.9 Å². The molecule has 26 heavy (non-hydrogen) atoms. The maximum absolute atomic E-state index is 14.2. The number of hydrogen-bond acceptors (Lipinski definition) is 4. The average Bonchev–Trinajstić information content (AvgIpc) is 2.88. The Morgan fingerprint density at radius 2 is 1.92 bits per heavy atom. The van der Waals surface area contributed by atoms with Gasteiger partial charge in [-0.25, -0.2) is 8.78 Å². The van der Waals surface area contributed by atoms with E-state index in [1.54, 1.807) is 11.8 Å². The summed E-state index contributed by atoms with van der Waals surface area (Å²) in [7, 11) is 2.02. The van der Waals surface area contributed by atoms with Gasteiger partial charge in [0.15, 0.2) is 0 Å². The minimum absolute atomic E-state index is 0.00813. The van der Waals surface area contributed by atoms with Crippen molar-refractivity contribution < 1.29 is 18.4 Å². The lowest BCUT2D eigenvalue weighted by Crippen LogP contribution is -2.47. The Balaban J connectivity index is 1.68. The maximum Gasteiger partial charge on any atom is 0.236 e. The molecule has 0 bridgehead atoms. The topological polar surface area (TPSA) is 43.9 Å². The van der Waals surface area contributed by atoms with Crippen LogP contribution in [-0.2, 0) is 9.59 Å². The summed E-state index contributed by atoms with van der Waals surface area (Å²) < 4.78 is 27.4. The molecule has 0 aliphatic carbocycles. The van der Waals surface area contributed by atoms with E-state index in [9.17, 15) is 18.4 Å². The molecule has 0 radical (unpaired) electrons. The lowest BCUT2D eigenvalue weighted by atomic mass is 10.1. The number of carbonyl (C=O) groups excluding carboxylic acids is 2. The fourth-order valence-electron chi connectivity index (χ4n) is 3.27. The van der Waals surface area contributed by atoms with Crippen LogP contribution in [0.25, 0.3) is 0 Å². The molecule has 0 spiro atoms. The molecule has 2 heterocycles. The van der Waals surface area contributed by atoms with Crippen molar-refractivity contribution in [2.24, 2.45) is 0 Å². The molecular formula is C18H23F2N3O2S. The summed E-state index contributed by atoms with van der Waals surface area (Å²) in [5, 5.41) is -0.846. The third-order valence-corrected chi connectivity index (χ3v) is 6.27. The summed E-state index contributed by atoms with van der Waals surface area (Å²) in [6.07, 6.45) is 0.210. The van der Waals surface area contributed by atoms with Crippen molar-refractivity contribution >= 4 is 23.6 Å². The predicted octanol–water partition coefficient (Wildman–Crippen LogP) is 2.09. The van der Waals surface area contributed by atoms with E-state index in [2.05, 4.69) is 4.90 Å². The van der Waals surface area contributed by atoms with Crippen molar-refractivity contribution in [2.75, 3.05) is 39.8 Å². The zero-order valence-corrected chi connectivity index (χ0v) is 15.8. The smallest absolute Gasteiger partial charge is 0.236 e. The first kappa shape index (κ1) is 19.1. The van der Waals surface area contributed by atoms with Gasteiger partial charge >= 0.3 is 0 Å². The molecule has 2 amide bonds. The Labute approximate surface area is 156 Å². The molecule has 8 heteroatoms. The normalized spacial score (nSPS) is 24.4. The van der Waals surface area contributed by atoms with Crippen molar-refractivity contribution in [1.82, 2.24) is 14.7 Å². The summed E-state index contributed by atoms with van der Waals surface area (Å²) in [6.45, 7) is 5.05. The summed E-state index contributed by atoms with van der Waals surface area (Å²) in [5.74, 6) is -1.42. The van der Waals surface area contributed by atoms with Gasteiger partial charge in [-0.1, -0.05) is 6.07 Å². The molecule has 5 nitrogen and oxygen atoms in total. The highest BCUT2D eigenvalue weighted by atomic mass is 32.2. The molecule has 2 atom stereocenters. The van der Waals surface area contributed by atoms with Crippen LogP contribution >= 0.6 is 11.8 Å². The molecule has 0 unspecified atom stereocenters. The minimum Gasteiger partial charge on any atom is -0.340 e. The number of halogens is 2. The Kier molecular flexibility index (Phi) is 5.82. The van der Waals surface area contributed by atoms with Crippen molar-refractivity contribution in [3.05, 3.63) is 35.4 Å². The molecule has 0 aromatic heterocycles. The Morgan fingerprint density at radius 3 is 2.58 bits per heavy atom. The lowest BCUT2D eigenvalue weighted by molar-refractivity contribution is -0.134. The molecular weight excluding hydrogens is 360 g/mol. The van der Waals surface area contributed by atoms with Crippen molar-refractivity contribution in [3.63, 3.8) is 0 Å². The predicted molar refractivity (Wildman–Crippen MR) is 96.6 cm³/mol. The van der Waals surface area contributed by atoms with E-state index in [0.717, 1.165) is 19.2 Å². The minimum atomic E-state index is -0.667. The molecule has 3 rings (SSSR count). The molecule has 2 saturated heterocycles. The standard InChI is InChI=1S/C18H23F2N3O2S/c1-12-17(25)23(6-5-16(24)22-9-7-21(2)8-10-22)18(26-12)14-4-3-13(19)11-15(14)20/h3-4,11-12,18H,5-10H2,1-2H3/t12-,18+/m0/s1. The number of rotatable bonds is 4. The Bertz CT molecular complexity index is 695. The fourth-order valence-corrected chi connectivity index (χ4v) is 4.61. The summed E-state index contributed by atoms with van der Waals surface area (Å²) in [5.41, 5.74) is 0.279. The second-order valence-electron chi connectivity index (χ2n) is 6.76. The SMILES string of the molecule is C[C@@H]1S[C@H](c2ccc(F)cc2F)N(CCC(=O)N2CCN(C)CC2)C1=O. The van der Waals surface area contributed by atoms with E-state index >= 15 is 0 Å². The second-order valence-corrected chi connectivity index (χ2v) is 8.19. The number of thioether (sulfide) groups is 1. The van der Waals surface area contributed by atoms with Crippen LogP contribution in [0.2, 0.25) is 0 Å². The number of piperazine rings is 1. The Morgan fingerprint density at radius 1 is 1.23 bits per heavy atom. The van der Waals surface area contributed by atoms with Crippen LogP contribution in [0.15, 0.2) is 18.2 Å². The number of amides is 2. The first-order valence-corrected chi connectivity index (χ1v) is 9.68. The van der Waals surface area contributed by atoms with E-state index in [-0.39, 0.29) is 35.6 Å². The van der Waals surface area contributed by atoms with Crippen LogP contribution in [0.5, 0.6) is 0 Å². The van der Waals surface area contributed by atoms with E-state index in [4.69, 9.17) is 0 Å². The number of carbonyl (C=O) groups is 2. The van der Waals surface area contributed by atoms with Gasteiger partial charge in [-0.05, 0) is 20.0 Å². The number of nitrogens with zero attached hydrogens (tertiary/aromatic N) is 3. The highest BCUT2D eigenvalue weighted by Crippen LogP contribution is 2.43. The first-order chi connectivity index (χ1) is 12.4. The monoisotopic (exact) mass is 383 g/mol. The molecule has 2 aliphatic rings. The molecule has 0 N–H and O–H groups in total. The number of likely N-dealkylation sites (N-methyl/N-ethyl adjacent to an activating group) is 1. The van der Waals surface area contributed by atoms with Crippen LogP contribution in [0.1, 0.15) is 24.3 Å². The highest BCUT2D eigenvalue weighted by molar-refractivity contribution is 8.01. The third kappa shape index (κ3) is 4.01. The molecule has 142 valence electrons. The van der Waals surface area contributed by atoms with Gasteiger partial charge in [0.2, 0.25) is 11.8 Å². The molecule has 2 fully saturated rings. The van der Waals surface area contributed by atoms with Gasteiger partial charge in [0, 0.05) is 50.8 Å². The largest absolute Gasteiger partial charge is 0.340 e. The summed E-state index contributed by atoms with van der Waals surface area (Å²) in [4.78, 5) is 30.4. The van der Waals surface area contributed by atoms with Crippen molar-refractivity contribution in [2.45, 2.75) is 24.0 Å². The van der Waals surface area contributed by atoms with Gasteiger partial charge < -0.3 is 14.7 Å². The number of hydrogen-bond donors (Lipinski definition) is 0. The van der Waals surface area contributed by atoms with Gasteiger partial charge in [-0.15, -0.1) is 11.8 Å². The van der Waals surface area contributed by atoms with Gasteiger partial charge in [0.05, 0.1) is 5.25 Å². The first-order valence-electron chi connectivity index (χ1n) is 8.74. The third-order valence-electron chi connectivity index (χ3n) is 4.90. The van der Waals surface area contributed by atoms with Gasteiger partial charge in [0.1, 0.15) is 17.0 Å². The van der Waals surface area contributed by atoms with E-state index < -0.39 is 17.0 Å². The molecule has 1 aromatic rings. The van der Waals surface area contributed by atoms with Crippen molar-refractivity contribution in [3.8, 4) is 0 Å². The second kappa shape index (κ2) is 7.92. The number of benzene rings is 1. The summed E-state index contributed by atoms with van der Waals surface area (Å²) >= 11 is 1.32. The molecule has 2 aliphatic heterocycles. The molecule has 0 saturated carbocycles. The van der Waals surface area contributed by atoms with Gasteiger partial charge in [0.25, 0.3) is 0 Å². The Hall–Kier alpha value is -1.67. The zero-order chi connectivity index (χ0) is 18.8. The van der Waals surface area contributed by atoms with Crippen LogP contribution in [0.3, 0.4) is 0 Å². The van der Waals surface area contributed by atoms with Crippen molar-refractivity contribution in [1.29, 1.82) is 0 Å². The van der Waals surface area contributed by atoms with Gasteiger partial charge in [-0.2, -0.15) is 0 Å². The van der Waals surface area contributed by atoms with Crippen LogP contribution in [0, 0.1) is 11.6 Å². The molecule has 1 aromatic carbocycles. The lowest BCUT2D eigenvalue weighted by Gasteiger charge is -2.33. The fraction of sp³-hybridized carbons (Fsp3) is 0.556. The zero-order valence-electron chi connectivity index (χ0n) is 15.0. The van der Waals surface area contributed by atoms with Crippen LogP contribution in [0.4, 0.5) is 8.78 Å². The van der Waals surface area contributed by atoms with Crippen LogP contribution in [-0.4, -0.2) is 71.5 Å². The van der Waals surface area contributed by atoms with Crippen LogP contribution < -0.4 is 0 Å².